The van der Waals surface area contributed by atoms with E-state index in [0.29, 0.717) is 26.9 Å². The Morgan fingerprint density at radius 3 is 2.79 bits per heavy atom. The molecule has 8 nitrogen and oxygen atoms in total. The van der Waals surface area contributed by atoms with E-state index in [9.17, 15) is 4.79 Å². The van der Waals surface area contributed by atoms with Crippen molar-refractivity contribution in [2.24, 2.45) is 5.73 Å². The molecule has 10 heteroatoms. The van der Waals surface area contributed by atoms with Crippen molar-refractivity contribution in [1.29, 1.82) is 0 Å². The maximum atomic E-state index is 11.4. The Morgan fingerprint density at radius 2 is 2.04 bits per heavy atom. The zero-order valence-electron chi connectivity index (χ0n) is 12.0. The summed E-state index contributed by atoms with van der Waals surface area (Å²) < 4.78 is 0.589. The molecule has 0 bridgehead atoms. The zero-order valence-corrected chi connectivity index (χ0v) is 14.4. The van der Waals surface area contributed by atoms with Gasteiger partial charge in [0.15, 0.2) is 11.6 Å². The van der Waals surface area contributed by atoms with Crippen molar-refractivity contribution in [3.63, 3.8) is 0 Å². The largest absolute Gasteiger partial charge is 0.365 e. The first-order valence-electron chi connectivity index (χ1n) is 6.69. The lowest BCUT2D eigenvalue weighted by Crippen LogP contribution is -2.12. The average Bonchev–Trinajstić information content (AvgIpc) is 3.01. The van der Waals surface area contributed by atoms with Crippen molar-refractivity contribution in [1.82, 2.24) is 20.2 Å². The lowest BCUT2D eigenvalue weighted by Gasteiger charge is -2.10. The van der Waals surface area contributed by atoms with E-state index in [0.717, 1.165) is 0 Å². The molecule has 24 heavy (non-hydrogen) atoms. The van der Waals surface area contributed by atoms with Crippen LogP contribution in [-0.4, -0.2) is 26.1 Å². The van der Waals surface area contributed by atoms with Crippen LogP contribution in [0.15, 0.2) is 41.1 Å². The summed E-state index contributed by atoms with van der Waals surface area (Å²) in [6.07, 6.45) is 2.97. The van der Waals surface area contributed by atoms with E-state index in [-0.39, 0.29) is 11.4 Å². The minimum atomic E-state index is -0.606. The zero-order chi connectivity index (χ0) is 17.1. The third-order valence-corrected chi connectivity index (χ3v) is 3.92. The number of hydrogen-bond donors (Lipinski definition) is 4. The molecule has 0 saturated heterocycles. The molecule has 5 N–H and O–H groups in total. The monoisotopic (exact) mass is 407 g/mol. The van der Waals surface area contributed by atoms with E-state index in [4.69, 9.17) is 17.3 Å². The smallest absolute Gasteiger partial charge is 0.254 e. The second-order valence-electron chi connectivity index (χ2n) is 4.63. The fourth-order valence-electron chi connectivity index (χ4n) is 1.88. The summed E-state index contributed by atoms with van der Waals surface area (Å²) >= 11 is 9.45. The van der Waals surface area contributed by atoms with Crippen LogP contribution in [0.2, 0.25) is 5.02 Å². The number of nitrogens with one attached hydrogen (secondary N) is 3. The highest BCUT2D eigenvalue weighted by molar-refractivity contribution is 9.10. The molecule has 0 spiro atoms. The normalized spacial score (nSPS) is 10.4. The topological polar surface area (TPSA) is 122 Å². The van der Waals surface area contributed by atoms with Crippen molar-refractivity contribution in [2.45, 2.75) is 0 Å². The van der Waals surface area contributed by atoms with Gasteiger partial charge in [-0.15, -0.1) is 0 Å². The Labute approximate surface area is 150 Å². The summed E-state index contributed by atoms with van der Waals surface area (Å²) in [4.78, 5) is 19.9. The number of halogens is 2. The Hall–Kier alpha value is -2.65. The van der Waals surface area contributed by atoms with Crippen molar-refractivity contribution in [3.8, 4) is 0 Å². The first kappa shape index (κ1) is 16.2. The third-order valence-electron chi connectivity index (χ3n) is 3.01. The predicted molar refractivity (Wildman–Crippen MR) is 94.9 cm³/mol. The number of primary amides is 1. The van der Waals surface area contributed by atoms with Gasteiger partial charge in [-0.25, -0.2) is 4.98 Å². The second-order valence-corrected chi connectivity index (χ2v) is 5.89. The van der Waals surface area contributed by atoms with Crippen LogP contribution >= 0.6 is 27.5 Å². The number of nitrogens with zero attached hydrogens (tertiary/aromatic N) is 3. The number of carbonyl (C=O) groups is 1. The van der Waals surface area contributed by atoms with Crippen molar-refractivity contribution in [2.75, 3.05) is 10.6 Å². The van der Waals surface area contributed by atoms with Gasteiger partial charge >= 0.3 is 0 Å². The molecule has 3 aromatic rings. The number of hydrogen-bond acceptors (Lipinski definition) is 6. The fourth-order valence-corrected chi connectivity index (χ4v) is 2.36. The summed E-state index contributed by atoms with van der Waals surface area (Å²) in [7, 11) is 0. The molecule has 3 rings (SSSR count). The average molecular weight is 409 g/mol. The van der Waals surface area contributed by atoms with E-state index in [2.05, 4.69) is 46.7 Å². The number of benzene rings is 1. The Bertz CT molecular complexity index is 898. The molecule has 1 amide bonds. The minimum Gasteiger partial charge on any atom is -0.365 e. The molecule has 0 fully saturated rings. The van der Waals surface area contributed by atoms with Crippen LogP contribution in [0.1, 0.15) is 10.4 Å². The highest BCUT2D eigenvalue weighted by atomic mass is 79.9. The first-order chi connectivity index (χ1) is 11.5. The van der Waals surface area contributed by atoms with Gasteiger partial charge in [-0.2, -0.15) is 10.1 Å². The second kappa shape index (κ2) is 6.85. The SMILES string of the molecule is NC(=O)c1c[nH]nc1Nc1nc(Nc2ccccc2Cl)ncc1Br. The van der Waals surface area contributed by atoms with Gasteiger partial charge in [-0.3, -0.25) is 9.89 Å². The van der Waals surface area contributed by atoms with Crippen LogP contribution in [0.25, 0.3) is 0 Å². The Morgan fingerprint density at radius 1 is 1.25 bits per heavy atom. The highest BCUT2D eigenvalue weighted by Crippen LogP contribution is 2.27. The molecular formula is C14H11BrClN7O. The van der Waals surface area contributed by atoms with Gasteiger partial charge in [-0.05, 0) is 28.1 Å². The maximum absolute atomic E-state index is 11.4. The van der Waals surface area contributed by atoms with Gasteiger partial charge in [0.05, 0.1) is 15.2 Å². The highest BCUT2D eigenvalue weighted by Gasteiger charge is 2.14. The molecule has 122 valence electrons. The first-order valence-corrected chi connectivity index (χ1v) is 7.86. The lowest BCUT2D eigenvalue weighted by atomic mass is 10.3. The number of aromatic nitrogens is 4. The molecule has 0 unspecified atom stereocenters. The van der Waals surface area contributed by atoms with Crippen molar-refractivity contribution < 1.29 is 4.79 Å². The van der Waals surface area contributed by atoms with Gasteiger partial charge in [0.25, 0.3) is 5.91 Å². The number of rotatable bonds is 5. The van der Waals surface area contributed by atoms with Crippen LogP contribution in [-0.2, 0) is 0 Å². The number of amides is 1. The quantitative estimate of drug-likeness (QED) is 0.514. The Kier molecular flexibility index (Phi) is 4.63. The molecule has 2 heterocycles. The van der Waals surface area contributed by atoms with Gasteiger partial charge in [-0.1, -0.05) is 23.7 Å². The molecule has 0 radical (unpaired) electrons. The van der Waals surface area contributed by atoms with Crippen molar-refractivity contribution in [3.05, 3.63) is 51.7 Å². The maximum Gasteiger partial charge on any atom is 0.254 e. The van der Waals surface area contributed by atoms with E-state index >= 15 is 0 Å². The molecule has 1 aromatic carbocycles. The lowest BCUT2D eigenvalue weighted by molar-refractivity contribution is 0.100. The number of anilines is 4. The van der Waals surface area contributed by atoms with Crippen molar-refractivity contribution >= 4 is 56.7 Å². The van der Waals surface area contributed by atoms with E-state index in [1.807, 2.05) is 12.1 Å². The number of aromatic amines is 1. The van der Waals surface area contributed by atoms with Gasteiger partial charge in [0, 0.05) is 12.4 Å². The summed E-state index contributed by atoms with van der Waals surface area (Å²) in [5, 5.41) is 13.0. The molecular weight excluding hydrogens is 398 g/mol. The summed E-state index contributed by atoms with van der Waals surface area (Å²) in [6, 6.07) is 7.23. The number of carbonyl (C=O) groups excluding carboxylic acids is 1. The molecule has 0 aliphatic carbocycles. The molecule has 0 atom stereocenters. The van der Waals surface area contributed by atoms with E-state index in [1.54, 1.807) is 18.3 Å². The van der Waals surface area contributed by atoms with Gasteiger partial charge in [0.2, 0.25) is 5.95 Å². The summed E-state index contributed by atoms with van der Waals surface area (Å²) in [5.74, 6) is 0.399. The fraction of sp³-hybridized carbons (Fsp3) is 0. The number of nitrogens with two attached hydrogens (primary N) is 1. The van der Waals surface area contributed by atoms with E-state index in [1.165, 1.54) is 6.20 Å². The summed E-state index contributed by atoms with van der Waals surface area (Å²) in [6.45, 7) is 0. The molecule has 0 aliphatic rings. The molecule has 2 aromatic heterocycles. The van der Waals surface area contributed by atoms with Crippen LogP contribution in [0.3, 0.4) is 0 Å². The molecule has 0 aliphatic heterocycles. The van der Waals surface area contributed by atoms with Crippen LogP contribution in [0.5, 0.6) is 0 Å². The standard InChI is InChI=1S/C14H11BrClN7O/c15-8-6-18-14(20-10-4-2-1-3-9(10)16)22-13(8)21-12-7(11(17)24)5-19-23-12/h1-6H,(H2,17,24)(H3,18,19,20,21,22,23). The van der Waals surface area contributed by atoms with E-state index < -0.39 is 5.91 Å². The Balaban J connectivity index is 1.88. The number of para-hydroxylation sites is 1. The summed E-state index contributed by atoms with van der Waals surface area (Å²) in [5.41, 5.74) is 6.18. The molecule has 0 saturated carbocycles. The van der Waals surface area contributed by atoms with Gasteiger partial charge < -0.3 is 16.4 Å². The van der Waals surface area contributed by atoms with Gasteiger partial charge in [0.1, 0.15) is 5.56 Å². The predicted octanol–water partition coefficient (Wildman–Crippen LogP) is 3.20. The minimum absolute atomic E-state index is 0.223. The number of H-pyrrole nitrogens is 1. The van der Waals surface area contributed by atoms with Crippen LogP contribution in [0, 0.1) is 0 Å². The van der Waals surface area contributed by atoms with Crippen LogP contribution < -0.4 is 16.4 Å². The van der Waals surface area contributed by atoms with Crippen LogP contribution in [0.4, 0.5) is 23.3 Å². The third kappa shape index (κ3) is 3.47.